The van der Waals surface area contributed by atoms with Crippen LogP contribution in [0.2, 0.25) is 0 Å². The predicted molar refractivity (Wildman–Crippen MR) is 131 cm³/mol. The summed E-state index contributed by atoms with van der Waals surface area (Å²) >= 11 is 0. The van der Waals surface area contributed by atoms with Gasteiger partial charge in [-0.2, -0.15) is 10.2 Å². The summed E-state index contributed by atoms with van der Waals surface area (Å²) in [6, 6.07) is 7.46. The lowest BCUT2D eigenvalue weighted by Crippen LogP contribution is -2.41. The van der Waals surface area contributed by atoms with E-state index in [-0.39, 0.29) is 0 Å². The SMILES string of the molecule is COc1cc(/C=N\N2CCN(/N=C\c3cc(OC)c(OC)c(OC)c3)CC2)cc(OC)c1OC. The van der Waals surface area contributed by atoms with Crippen LogP contribution in [0.5, 0.6) is 34.5 Å². The zero-order chi connectivity index (χ0) is 24.5. The molecule has 1 aliphatic rings. The van der Waals surface area contributed by atoms with Crippen molar-refractivity contribution in [2.75, 3.05) is 68.8 Å². The van der Waals surface area contributed by atoms with Crippen molar-refractivity contribution in [3.05, 3.63) is 35.4 Å². The first-order valence-corrected chi connectivity index (χ1v) is 10.7. The van der Waals surface area contributed by atoms with Crippen LogP contribution < -0.4 is 28.4 Å². The summed E-state index contributed by atoms with van der Waals surface area (Å²) in [6.07, 6.45) is 3.58. The van der Waals surface area contributed by atoms with Crippen LogP contribution in [0.4, 0.5) is 0 Å². The van der Waals surface area contributed by atoms with Gasteiger partial charge in [0.2, 0.25) is 11.5 Å². The van der Waals surface area contributed by atoms with Crippen LogP contribution in [-0.4, -0.2) is 91.3 Å². The fourth-order valence-electron chi connectivity index (χ4n) is 3.56. The molecule has 3 rings (SSSR count). The van der Waals surface area contributed by atoms with E-state index in [1.165, 1.54) is 0 Å². The molecule has 1 fully saturated rings. The van der Waals surface area contributed by atoms with E-state index >= 15 is 0 Å². The molecule has 0 radical (unpaired) electrons. The second-order valence-electron chi connectivity index (χ2n) is 7.31. The van der Waals surface area contributed by atoms with Gasteiger partial charge in [0.25, 0.3) is 0 Å². The number of hydrogen-bond donors (Lipinski definition) is 0. The zero-order valence-corrected chi connectivity index (χ0v) is 20.5. The van der Waals surface area contributed by atoms with E-state index in [0.717, 1.165) is 37.3 Å². The first-order valence-electron chi connectivity index (χ1n) is 10.7. The molecule has 10 nitrogen and oxygen atoms in total. The Labute approximate surface area is 200 Å². The molecule has 0 aliphatic carbocycles. The van der Waals surface area contributed by atoms with E-state index in [4.69, 9.17) is 28.4 Å². The number of rotatable bonds is 10. The quantitative estimate of drug-likeness (QED) is 0.488. The molecular formula is C24H32N4O6. The summed E-state index contributed by atoms with van der Waals surface area (Å²) in [5.41, 5.74) is 1.72. The van der Waals surface area contributed by atoms with Crippen LogP contribution >= 0.6 is 0 Å². The van der Waals surface area contributed by atoms with E-state index in [9.17, 15) is 0 Å². The van der Waals surface area contributed by atoms with Gasteiger partial charge >= 0.3 is 0 Å². The normalized spacial score (nSPS) is 13.9. The molecule has 184 valence electrons. The monoisotopic (exact) mass is 472 g/mol. The van der Waals surface area contributed by atoms with Gasteiger partial charge in [-0.25, -0.2) is 0 Å². The molecule has 2 aromatic rings. The summed E-state index contributed by atoms with van der Waals surface area (Å²) in [7, 11) is 9.54. The van der Waals surface area contributed by atoms with Crippen molar-refractivity contribution in [2.24, 2.45) is 10.2 Å². The largest absolute Gasteiger partial charge is 0.493 e. The van der Waals surface area contributed by atoms with Crippen LogP contribution in [0.3, 0.4) is 0 Å². The minimum absolute atomic E-state index is 0.556. The second kappa shape index (κ2) is 11.9. The molecule has 1 saturated heterocycles. The number of benzene rings is 2. The van der Waals surface area contributed by atoms with Crippen molar-refractivity contribution in [3.8, 4) is 34.5 Å². The van der Waals surface area contributed by atoms with Gasteiger partial charge in [0, 0.05) is 11.1 Å². The molecule has 34 heavy (non-hydrogen) atoms. The maximum atomic E-state index is 5.41. The van der Waals surface area contributed by atoms with Gasteiger partial charge < -0.3 is 28.4 Å². The fraction of sp³-hybridized carbons (Fsp3) is 0.417. The van der Waals surface area contributed by atoms with E-state index in [1.54, 1.807) is 55.1 Å². The number of ether oxygens (including phenoxy) is 6. The molecule has 2 aromatic carbocycles. The molecule has 0 spiro atoms. The minimum Gasteiger partial charge on any atom is -0.493 e. The topological polar surface area (TPSA) is 86.6 Å². The third kappa shape index (κ3) is 5.75. The van der Waals surface area contributed by atoms with Crippen molar-refractivity contribution in [1.82, 2.24) is 10.0 Å². The molecule has 1 heterocycles. The van der Waals surface area contributed by atoms with E-state index in [0.29, 0.717) is 34.5 Å². The number of nitrogens with zero attached hydrogens (tertiary/aromatic N) is 4. The average Bonchev–Trinajstić information content (AvgIpc) is 2.89. The third-order valence-electron chi connectivity index (χ3n) is 5.35. The lowest BCUT2D eigenvalue weighted by atomic mass is 10.2. The summed E-state index contributed by atoms with van der Waals surface area (Å²) < 4.78 is 32.4. The lowest BCUT2D eigenvalue weighted by Gasteiger charge is -2.31. The highest BCUT2D eigenvalue weighted by Crippen LogP contribution is 2.38. The average molecular weight is 473 g/mol. The zero-order valence-electron chi connectivity index (χ0n) is 20.5. The molecule has 0 amide bonds. The van der Waals surface area contributed by atoms with Crippen molar-refractivity contribution < 1.29 is 28.4 Å². The summed E-state index contributed by atoms with van der Waals surface area (Å²) in [5.74, 6) is 3.48. The number of hydrazone groups is 2. The Morgan fingerprint density at radius 3 is 1.06 bits per heavy atom. The molecule has 0 aromatic heterocycles. The van der Waals surface area contributed by atoms with Crippen LogP contribution in [0, 0.1) is 0 Å². The molecule has 0 saturated carbocycles. The van der Waals surface area contributed by atoms with Gasteiger partial charge in [-0.1, -0.05) is 0 Å². The standard InChI is InChI=1S/C24H32N4O6/c1-29-19-11-17(12-20(30-2)23(19)33-5)15-25-27-7-9-28(10-8-27)26-16-18-13-21(31-3)24(34-6)22(14-18)32-4/h11-16H,7-10H2,1-6H3/b25-15-,26-16-. The number of hydrogen-bond acceptors (Lipinski definition) is 10. The fourth-order valence-corrected chi connectivity index (χ4v) is 3.56. The summed E-state index contributed by atoms with van der Waals surface area (Å²) in [6.45, 7) is 2.97. The molecule has 0 bridgehead atoms. The first kappa shape index (κ1) is 24.8. The van der Waals surface area contributed by atoms with Crippen LogP contribution in [0.15, 0.2) is 34.5 Å². The Kier molecular flexibility index (Phi) is 8.66. The van der Waals surface area contributed by atoms with E-state index in [1.807, 2.05) is 34.3 Å². The Balaban J connectivity index is 1.62. The Hall–Kier alpha value is -3.82. The highest BCUT2D eigenvalue weighted by molar-refractivity contribution is 5.83. The lowest BCUT2D eigenvalue weighted by molar-refractivity contribution is 0.141. The van der Waals surface area contributed by atoms with Crippen molar-refractivity contribution in [2.45, 2.75) is 0 Å². The van der Waals surface area contributed by atoms with E-state index < -0.39 is 0 Å². The highest BCUT2D eigenvalue weighted by atomic mass is 16.5. The van der Waals surface area contributed by atoms with Crippen molar-refractivity contribution in [3.63, 3.8) is 0 Å². The van der Waals surface area contributed by atoms with Crippen molar-refractivity contribution in [1.29, 1.82) is 0 Å². The number of piperazine rings is 1. The Bertz CT molecular complexity index is 887. The van der Waals surface area contributed by atoms with Crippen LogP contribution in [-0.2, 0) is 0 Å². The van der Waals surface area contributed by atoms with Crippen molar-refractivity contribution >= 4 is 12.4 Å². The van der Waals surface area contributed by atoms with Gasteiger partial charge in [-0.3, -0.25) is 10.0 Å². The molecule has 0 unspecified atom stereocenters. The summed E-state index contributed by atoms with van der Waals surface area (Å²) in [5, 5.41) is 13.2. The maximum absolute atomic E-state index is 5.41. The molecule has 0 N–H and O–H groups in total. The van der Waals surface area contributed by atoms with Gasteiger partial charge in [0.05, 0.1) is 81.3 Å². The van der Waals surface area contributed by atoms with Gasteiger partial charge in [0.1, 0.15) is 0 Å². The van der Waals surface area contributed by atoms with Gasteiger partial charge in [-0.05, 0) is 24.3 Å². The Morgan fingerprint density at radius 2 is 0.824 bits per heavy atom. The summed E-state index contributed by atoms with van der Waals surface area (Å²) in [4.78, 5) is 0. The number of methoxy groups -OCH3 is 6. The van der Waals surface area contributed by atoms with Crippen LogP contribution in [0.1, 0.15) is 11.1 Å². The first-order chi connectivity index (χ1) is 16.6. The maximum Gasteiger partial charge on any atom is 0.203 e. The Morgan fingerprint density at radius 1 is 0.529 bits per heavy atom. The minimum atomic E-state index is 0.556. The smallest absolute Gasteiger partial charge is 0.203 e. The third-order valence-corrected chi connectivity index (χ3v) is 5.35. The molecule has 1 aliphatic heterocycles. The highest BCUT2D eigenvalue weighted by Gasteiger charge is 2.16. The van der Waals surface area contributed by atoms with Crippen LogP contribution in [0.25, 0.3) is 0 Å². The molecular weight excluding hydrogens is 440 g/mol. The molecule has 10 heteroatoms. The molecule has 0 atom stereocenters. The van der Waals surface area contributed by atoms with Gasteiger partial charge in [-0.15, -0.1) is 0 Å². The second-order valence-corrected chi connectivity index (χ2v) is 7.31. The predicted octanol–water partition coefficient (Wildman–Crippen LogP) is 2.72. The van der Waals surface area contributed by atoms with E-state index in [2.05, 4.69) is 10.2 Å². The van der Waals surface area contributed by atoms with Gasteiger partial charge in [0.15, 0.2) is 23.0 Å².